The second-order valence-electron chi connectivity index (χ2n) is 7.86. The Morgan fingerprint density at radius 3 is 2.24 bits per heavy atom. The van der Waals surface area contributed by atoms with Crippen LogP contribution in [0.25, 0.3) is 0 Å². The highest BCUT2D eigenvalue weighted by atomic mass is 79.9. The lowest BCUT2D eigenvalue weighted by molar-refractivity contribution is -0.117. The maximum Gasteiger partial charge on any atom is 0.259 e. The maximum absolute atomic E-state index is 13.2. The Morgan fingerprint density at radius 2 is 1.62 bits per heavy atom. The summed E-state index contributed by atoms with van der Waals surface area (Å²) in [5.41, 5.74) is 1.78. The first kappa shape index (κ1) is 25.3. The lowest BCUT2D eigenvalue weighted by atomic mass is 10.1. The fourth-order valence-electron chi connectivity index (χ4n) is 3.77. The fraction of sp³-hybridized carbons (Fsp3) is 0.167. The Kier molecular flexibility index (Phi) is 7.19. The molecular formula is C24H16BrCl4FN2O2. The Balaban J connectivity index is 1.53. The molecule has 0 spiro atoms. The first-order chi connectivity index (χ1) is 16.0. The summed E-state index contributed by atoms with van der Waals surface area (Å²) in [7, 11) is 1.55. The van der Waals surface area contributed by atoms with E-state index in [1.807, 2.05) is 0 Å². The first-order valence-corrected chi connectivity index (χ1v) is 12.3. The van der Waals surface area contributed by atoms with Crippen molar-refractivity contribution in [1.82, 2.24) is 0 Å². The van der Waals surface area contributed by atoms with E-state index in [0.717, 1.165) is 5.56 Å². The minimum Gasteiger partial charge on any atom is -0.326 e. The molecule has 10 heteroatoms. The molecule has 4 rings (SSSR count). The number of hydrogen-bond donors (Lipinski definition) is 1. The summed E-state index contributed by atoms with van der Waals surface area (Å²) < 4.78 is 12.2. The van der Waals surface area contributed by atoms with Crippen LogP contribution in [0.2, 0.25) is 15.1 Å². The summed E-state index contributed by atoms with van der Waals surface area (Å²) in [6.07, 6.45) is 0. The van der Waals surface area contributed by atoms with Gasteiger partial charge >= 0.3 is 0 Å². The van der Waals surface area contributed by atoms with Crippen LogP contribution in [0.5, 0.6) is 0 Å². The summed E-state index contributed by atoms with van der Waals surface area (Å²) in [6.45, 7) is 0. The number of rotatable bonds is 5. The van der Waals surface area contributed by atoms with E-state index < -0.39 is 21.4 Å². The van der Waals surface area contributed by atoms with Crippen LogP contribution in [0.15, 0.2) is 60.7 Å². The van der Waals surface area contributed by atoms with Crippen LogP contribution >= 0.6 is 62.3 Å². The van der Waals surface area contributed by atoms with Gasteiger partial charge in [-0.15, -0.1) is 11.6 Å². The van der Waals surface area contributed by atoms with Crippen LogP contribution in [0.4, 0.5) is 15.8 Å². The first-order valence-electron chi connectivity index (χ1n) is 9.97. The van der Waals surface area contributed by atoms with Crippen molar-refractivity contribution < 1.29 is 14.0 Å². The molecule has 1 unspecified atom stereocenters. The van der Waals surface area contributed by atoms with E-state index in [0.29, 0.717) is 21.4 Å². The van der Waals surface area contributed by atoms with Gasteiger partial charge < -0.3 is 10.2 Å². The van der Waals surface area contributed by atoms with E-state index >= 15 is 0 Å². The van der Waals surface area contributed by atoms with Crippen molar-refractivity contribution in [3.8, 4) is 0 Å². The number of alkyl halides is 2. The van der Waals surface area contributed by atoms with E-state index in [9.17, 15) is 14.0 Å². The van der Waals surface area contributed by atoms with E-state index in [4.69, 9.17) is 46.4 Å². The van der Waals surface area contributed by atoms with E-state index in [1.54, 1.807) is 31.3 Å². The minimum atomic E-state index is -1.00. The normalized spacial score (nSPS) is 21.1. The number of benzene rings is 3. The van der Waals surface area contributed by atoms with Crippen LogP contribution in [-0.2, 0) is 4.79 Å². The molecule has 1 saturated carbocycles. The molecule has 2 amide bonds. The highest BCUT2D eigenvalue weighted by molar-refractivity contribution is 9.10. The fourth-order valence-corrected chi connectivity index (χ4v) is 5.80. The molecule has 3 aromatic rings. The molecule has 176 valence electrons. The lowest BCUT2D eigenvalue weighted by Gasteiger charge is -2.18. The standard InChI is InChI=1S/C24H16BrCl4FN2O2/c1-32(17-5-2-15(30)3-6-17)23(34)18-11-16(4-7-19(18)28)31-22(33)21-20(24(21,25)29)12-8-13(26)10-14(27)9-12/h2-11,20-21H,1H3,(H,31,33)/t20-,21+,24?/m0/s1. The molecule has 3 atom stereocenters. The van der Waals surface area contributed by atoms with Gasteiger partial charge in [-0.2, -0.15) is 0 Å². The molecule has 1 aliphatic carbocycles. The van der Waals surface area contributed by atoms with Crippen molar-refractivity contribution in [3.05, 3.63) is 92.7 Å². The molecule has 0 bridgehead atoms. The molecule has 0 radical (unpaired) electrons. The number of hydrogen-bond acceptors (Lipinski definition) is 2. The molecule has 0 aliphatic heterocycles. The SMILES string of the molecule is CN(C(=O)c1cc(NC(=O)[C@H]2[C@H](c3cc(Cl)cc(Cl)c3)C2(Cl)Br)ccc1Cl)c1ccc(F)cc1. The number of anilines is 2. The van der Waals surface area contributed by atoms with Gasteiger partial charge in [0.15, 0.2) is 0 Å². The molecule has 0 saturated heterocycles. The predicted molar refractivity (Wildman–Crippen MR) is 139 cm³/mol. The summed E-state index contributed by atoms with van der Waals surface area (Å²) >= 11 is 28.5. The average Bonchev–Trinajstić information content (AvgIpc) is 3.36. The summed E-state index contributed by atoms with van der Waals surface area (Å²) in [6, 6.07) is 15.1. The molecule has 34 heavy (non-hydrogen) atoms. The van der Waals surface area contributed by atoms with Gasteiger partial charge in [-0.1, -0.05) is 50.7 Å². The summed E-state index contributed by atoms with van der Waals surface area (Å²) in [4.78, 5) is 27.4. The molecule has 3 aromatic carbocycles. The van der Waals surface area contributed by atoms with Crippen LogP contribution in [0.1, 0.15) is 21.8 Å². The Morgan fingerprint density at radius 1 is 1.00 bits per heavy atom. The topological polar surface area (TPSA) is 49.4 Å². The Bertz CT molecular complexity index is 1270. The number of nitrogens with one attached hydrogen (secondary N) is 1. The third-order valence-electron chi connectivity index (χ3n) is 5.56. The van der Waals surface area contributed by atoms with Crippen molar-refractivity contribution in [1.29, 1.82) is 0 Å². The van der Waals surface area contributed by atoms with Crippen LogP contribution < -0.4 is 10.2 Å². The predicted octanol–water partition coefficient (Wildman–Crippen LogP) is 7.74. The van der Waals surface area contributed by atoms with Crippen molar-refractivity contribution in [2.45, 2.75) is 9.70 Å². The average molecular weight is 605 g/mol. The Labute approximate surface area is 224 Å². The second kappa shape index (κ2) is 9.67. The van der Waals surface area contributed by atoms with Crippen molar-refractivity contribution in [2.75, 3.05) is 17.3 Å². The number of amides is 2. The molecule has 1 N–H and O–H groups in total. The monoisotopic (exact) mass is 602 g/mol. The van der Waals surface area contributed by atoms with Crippen LogP contribution in [-0.4, -0.2) is 22.6 Å². The molecular weight excluding hydrogens is 589 g/mol. The van der Waals surface area contributed by atoms with Crippen molar-refractivity contribution in [2.24, 2.45) is 5.92 Å². The number of carbonyl (C=O) groups is 2. The van der Waals surface area contributed by atoms with Gasteiger partial charge in [0, 0.05) is 34.4 Å². The molecule has 0 heterocycles. The molecule has 0 aromatic heterocycles. The zero-order valence-corrected chi connectivity index (χ0v) is 22.1. The molecule has 1 aliphatic rings. The maximum atomic E-state index is 13.2. The zero-order valence-electron chi connectivity index (χ0n) is 17.5. The highest BCUT2D eigenvalue weighted by Crippen LogP contribution is 2.66. The van der Waals surface area contributed by atoms with Gasteiger partial charge in [-0.25, -0.2) is 4.39 Å². The van der Waals surface area contributed by atoms with Gasteiger partial charge in [-0.05, 0) is 66.2 Å². The van der Waals surface area contributed by atoms with Gasteiger partial charge in [0.2, 0.25) is 5.91 Å². The van der Waals surface area contributed by atoms with Gasteiger partial charge in [-0.3, -0.25) is 9.59 Å². The van der Waals surface area contributed by atoms with Crippen LogP contribution in [0, 0.1) is 11.7 Å². The zero-order chi connectivity index (χ0) is 24.8. The quantitative estimate of drug-likeness (QED) is 0.303. The summed E-state index contributed by atoms with van der Waals surface area (Å²) in [5.74, 6) is -2.14. The largest absolute Gasteiger partial charge is 0.326 e. The second-order valence-corrected chi connectivity index (χ2v) is 11.5. The van der Waals surface area contributed by atoms with E-state index in [2.05, 4.69) is 21.2 Å². The van der Waals surface area contributed by atoms with Gasteiger partial charge in [0.25, 0.3) is 5.91 Å². The third-order valence-corrected chi connectivity index (χ3v) is 7.79. The molecule has 4 nitrogen and oxygen atoms in total. The summed E-state index contributed by atoms with van der Waals surface area (Å²) in [5, 5.41) is 3.90. The van der Waals surface area contributed by atoms with E-state index in [-0.39, 0.29) is 22.4 Å². The van der Waals surface area contributed by atoms with Gasteiger partial charge in [0.1, 0.15) is 9.60 Å². The van der Waals surface area contributed by atoms with Gasteiger partial charge in [0.05, 0.1) is 16.5 Å². The number of carbonyl (C=O) groups excluding carboxylic acids is 2. The molecule has 1 fully saturated rings. The van der Waals surface area contributed by atoms with E-state index in [1.165, 1.54) is 41.3 Å². The third kappa shape index (κ3) is 5.07. The minimum absolute atomic E-state index is 0.177. The van der Waals surface area contributed by atoms with Crippen molar-refractivity contribution >= 4 is 85.5 Å². The van der Waals surface area contributed by atoms with Crippen LogP contribution in [0.3, 0.4) is 0 Å². The van der Waals surface area contributed by atoms with Crippen molar-refractivity contribution in [3.63, 3.8) is 0 Å². The lowest BCUT2D eigenvalue weighted by Crippen LogP contribution is -2.26. The number of nitrogens with zero attached hydrogens (tertiary/aromatic N) is 1. The Hall–Kier alpha value is -1.83. The number of halogens is 6. The smallest absolute Gasteiger partial charge is 0.259 e. The highest BCUT2D eigenvalue weighted by Gasteiger charge is 2.67.